The van der Waals surface area contributed by atoms with Gasteiger partial charge in [-0.15, -0.1) is 11.3 Å². The van der Waals surface area contributed by atoms with Gasteiger partial charge >= 0.3 is 15.6 Å². The lowest BCUT2D eigenvalue weighted by atomic mass is 9.94. The number of hydrogen-bond donors (Lipinski definition) is 2. The molecule has 0 radical (unpaired) electrons. The van der Waals surface area contributed by atoms with Gasteiger partial charge in [0.1, 0.15) is 12.1 Å². The van der Waals surface area contributed by atoms with E-state index in [9.17, 15) is 13.2 Å². The summed E-state index contributed by atoms with van der Waals surface area (Å²) in [5.41, 5.74) is 1.16. The minimum Gasteiger partial charge on any atom is -0.355 e. The Morgan fingerprint density at radius 2 is 1.92 bits per heavy atom. The van der Waals surface area contributed by atoms with Crippen molar-refractivity contribution in [3.63, 3.8) is 0 Å². The van der Waals surface area contributed by atoms with Crippen molar-refractivity contribution in [2.75, 3.05) is 24.5 Å². The fraction of sp³-hybridized carbons (Fsp3) is 0.571. The number of nitrogens with two attached hydrogens (primary N) is 1. The van der Waals surface area contributed by atoms with Gasteiger partial charge in [0.25, 0.3) is 0 Å². The van der Waals surface area contributed by atoms with Crippen molar-refractivity contribution < 1.29 is 26.1 Å². The van der Waals surface area contributed by atoms with E-state index in [1.807, 2.05) is 0 Å². The zero-order chi connectivity index (χ0) is 19.4. The van der Waals surface area contributed by atoms with Crippen LogP contribution in [-0.2, 0) is 10.1 Å². The predicted molar refractivity (Wildman–Crippen MR) is 93.6 cm³/mol. The van der Waals surface area contributed by atoms with Crippen LogP contribution in [0.25, 0.3) is 10.2 Å². The quantitative estimate of drug-likeness (QED) is 0.589. The Bertz CT molecular complexity index is 818. The van der Waals surface area contributed by atoms with Gasteiger partial charge < -0.3 is 10.6 Å². The fourth-order valence-corrected chi connectivity index (χ4v) is 3.53. The molecule has 1 aliphatic rings. The van der Waals surface area contributed by atoms with E-state index in [1.165, 1.54) is 17.5 Å². The van der Waals surface area contributed by atoms with Gasteiger partial charge in [-0.25, -0.2) is 9.97 Å². The third-order valence-electron chi connectivity index (χ3n) is 4.01. The largest absolute Gasteiger partial charge is 0.522 e. The van der Waals surface area contributed by atoms with Gasteiger partial charge in [0.05, 0.1) is 10.2 Å². The highest BCUT2D eigenvalue weighted by molar-refractivity contribution is 7.86. The average Bonchev–Trinajstić information content (AvgIpc) is 3.03. The second kappa shape index (κ2) is 8.46. The summed E-state index contributed by atoms with van der Waals surface area (Å²) < 4.78 is 58.8. The van der Waals surface area contributed by atoms with E-state index < -0.39 is 15.6 Å². The van der Waals surface area contributed by atoms with E-state index in [2.05, 4.69) is 26.3 Å². The second-order valence-electron chi connectivity index (χ2n) is 5.76. The number of nitrogens with zero attached hydrogens (tertiary/aromatic N) is 3. The Hall–Kier alpha value is -1.50. The van der Waals surface area contributed by atoms with Crippen LogP contribution in [0.2, 0.25) is 0 Å². The smallest absolute Gasteiger partial charge is 0.355 e. The van der Waals surface area contributed by atoms with E-state index in [-0.39, 0.29) is 0 Å². The first-order valence-electron chi connectivity index (χ1n) is 7.80. The van der Waals surface area contributed by atoms with Crippen LogP contribution in [0.5, 0.6) is 0 Å². The highest BCUT2D eigenvalue weighted by atomic mass is 32.2. The van der Waals surface area contributed by atoms with Crippen LogP contribution in [-0.4, -0.2) is 48.1 Å². The van der Waals surface area contributed by atoms with Crippen molar-refractivity contribution in [1.82, 2.24) is 9.97 Å². The molecule has 0 saturated carbocycles. The summed E-state index contributed by atoms with van der Waals surface area (Å²) in [4.78, 5) is 11.2. The van der Waals surface area contributed by atoms with Crippen LogP contribution >= 0.6 is 11.3 Å². The highest BCUT2D eigenvalue weighted by Crippen LogP contribution is 2.31. The van der Waals surface area contributed by atoms with Crippen LogP contribution in [0, 0.1) is 5.92 Å². The maximum atomic E-state index is 10.7. The topological polar surface area (TPSA) is 109 Å². The molecular weight excluding hydrogens is 393 g/mol. The van der Waals surface area contributed by atoms with Gasteiger partial charge in [-0.1, -0.05) is 0 Å². The SMILES string of the molecule is NCCC1CCN(c2ncnc3ccsc23)CC1.O=S(=O)(O)C(F)(F)F. The van der Waals surface area contributed by atoms with Gasteiger partial charge in [0.15, 0.2) is 0 Å². The van der Waals surface area contributed by atoms with Crippen LogP contribution < -0.4 is 10.6 Å². The fourth-order valence-electron chi connectivity index (χ4n) is 2.67. The van der Waals surface area contributed by atoms with Crippen molar-refractivity contribution in [2.24, 2.45) is 11.7 Å². The summed E-state index contributed by atoms with van der Waals surface area (Å²) in [7, 11) is -5.84. The summed E-state index contributed by atoms with van der Waals surface area (Å²) in [6.07, 6.45) is 5.30. The number of aromatic nitrogens is 2. The van der Waals surface area contributed by atoms with Gasteiger partial charge in [-0.3, -0.25) is 4.55 Å². The molecule has 0 aliphatic carbocycles. The first-order valence-corrected chi connectivity index (χ1v) is 10.1. The number of rotatable bonds is 3. The van der Waals surface area contributed by atoms with E-state index in [0.29, 0.717) is 0 Å². The molecule has 146 valence electrons. The van der Waals surface area contributed by atoms with Gasteiger partial charge in [-0.2, -0.15) is 21.6 Å². The first kappa shape index (κ1) is 20.8. The Kier molecular flexibility index (Phi) is 6.77. The third kappa shape index (κ3) is 5.25. The number of anilines is 1. The molecule has 0 aromatic carbocycles. The van der Waals surface area contributed by atoms with E-state index in [1.54, 1.807) is 17.7 Å². The van der Waals surface area contributed by atoms with E-state index in [0.717, 1.165) is 43.3 Å². The van der Waals surface area contributed by atoms with Crippen LogP contribution in [0.1, 0.15) is 19.3 Å². The van der Waals surface area contributed by atoms with E-state index in [4.69, 9.17) is 18.7 Å². The molecule has 7 nitrogen and oxygen atoms in total. The third-order valence-corrected chi connectivity index (χ3v) is 5.49. The minimum atomic E-state index is -5.84. The zero-order valence-electron chi connectivity index (χ0n) is 13.7. The molecule has 1 saturated heterocycles. The second-order valence-corrected chi connectivity index (χ2v) is 8.09. The minimum absolute atomic E-state index is 0.798. The summed E-state index contributed by atoms with van der Waals surface area (Å²) in [6, 6.07) is 2.06. The number of halogens is 3. The Morgan fingerprint density at radius 1 is 1.31 bits per heavy atom. The molecule has 2 aromatic heterocycles. The summed E-state index contributed by atoms with van der Waals surface area (Å²) >= 11 is 1.73. The highest BCUT2D eigenvalue weighted by Gasteiger charge is 2.44. The Labute approximate surface area is 152 Å². The lowest BCUT2D eigenvalue weighted by molar-refractivity contribution is -0.0510. The molecule has 0 bridgehead atoms. The normalized spacial score (nSPS) is 16.4. The molecule has 3 N–H and O–H groups in total. The molecule has 0 atom stereocenters. The molecule has 0 spiro atoms. The van der Waals surface area contributed by atoms with Gasteiger partial charge in [0, 0.05) is 13.1 Å². The van der Waals surface area contributed by atoms with Crippen molar-refractivity contribution in [2.45, 2.75) is 24.8 Å². The molecule has 26 heavy (non-hydrogen) atoms. The molecule has 1 fully saturated rings. The lowest BCUT2D eigenvalue weighted by Crippen LogP contribution is -2.34. The molecule has 2 aromatic rings. The van der Waals surface area contributed by atoms with Gasteiger partial charge in [-0.05, 0) is 43.2 Å². The Morgan fingerprint density at radius 3 is 2.46 bits per heavy atom. The molecule has 3 heterocycles. The average molecular weight is 412 g/mol. The summed E-state index contributed by atoms with van der Waals surface area (Å²) in [6.45, 7) is 3.00. The molecule has 3 rings (SSSR count). The zero-order valence-corrected chi connectivity index (χ0v) is 15.3. The van der Waals surface area contributed by atoms with Crippen LogP contribution in [0.4, 0.5) is 19.0 Å². The summed E-state index contributed by atoms with van der Waals surface area (Å²) in [5.74, 6) is 1.91. The van der Waals surface area contributed by atoms with Crippen molar-refractivity contribution in [1.29, 1.82) is 0 Å². The van der Waals surface area contributed by atoms with Crippen molar-refractivity contribution in [3.8, 4) is 0 Å². The molecular formula is C14H19F3N4O3S2. The first-order chi connectivity index (χ1) is 12.1. The number of thiophene rings is 1. The number of hydrogen-bond acceptors (Lipinski definition) is 7. The number of fused-ring (bicyclic) bond motifs is 1. The number of piperidine rings is 1. The lowest BCUT2D eigenvalue weighted by Gasteiger charge is -2.32. The monoisotopic (exact) mass is 412 g/mol. The van der Waals surface area contributed by atoms with Crippen LogP contribution in [0.3, 0.4) is 0 Å². The van der Waals surface area contributed by atoms with Crippen molar-refractivity contribution in [3.05, 3.63) is 17.8 Å². The van der Waals surface area contributed by atoms with E-state index >= 15 is 0 Å². The summed E-state index contributed by atoms with van der Waals surface area (Å²) in [5, 5.41) is 2.09. The standard InChI is InChI=1S/C13H18N4S.CHF3O3S/c14-5-1-10-2-6-17(7-3-10)13-12-11(4-8-18-12)15-9-16-13;2-1(3,4)8(5,6)7/h4,8-10H,1-3,5-7,14H2;(H,5,6,7). The molecule has 12 heteroatoms. The molecule has 0 amide bonds. The predicted octanol–water partition coefficient (Wildman–Crippen LogP) is 2.65. The maximum Gasteiger partial charge on any atom is 0.522 e. The van der Waals surface area contributed by atoms with Gasteiger partial charge in [0.2, 0.25) is 0 Å². The molecule has 1 aliphatic heterocycles. The molecule has 0 unspecified atom stereocenters. The van der Waals surface area contributed by atoms with Crippen molar-refractivity contribution >= 4 is 37.5 Å². The number of alkyl halides is 3. The van der Waals surface area contributed by atoms with Crippen LogP contribution in [0.15, 0.2) is 17.8 Å². The Balaban J connectivity index is 0.000000260. The maximum absolute atomic E-state index is 10.7.